The molecule has 0 aliphatic heterocycles. The van der Waals surface area contributed by atoms with Gasteiger partial charge in [0, 0.05) is 34.8 Å². The molecule has 6 nitrogen and oxygen atoms in total. The summed E-state index contributed by atoms with van der Waals surface area (Å²) in [6.07, 6.45) is 1.71. The van der Waals surface area contributed by atoms with Crippen LogP contribution in [0.4, 0.5) is 0 Å². The number of H-pyrrole nitrogens is 1. The van der Waals surface area contributed by atoms with Gasteiger partial charge in [-0.05, 0) is 52.0 Å². The van der Waals surface area contributed by atoms with Crippen LogP contribution < -0.4 is 21.1 Å². The molecule has 0 amide bonds. The van der Waals surface area contributed by atoms with Crippen molar-refractivity contribution in [3.05, 3.63) is 69.2 Å². The van der Waals surface area contributed by atoms with Crippen molar-refractivity contribution < 1.29 is 4.74 Å². The minimum absolute atomic E-state index is 0.110. The number of nitrogens with zero attached hydrogens (tertiary/aromatic N) is 1. The van der Waals surface area contributed by atoms with Crippen LogP contribution in [0.1, 0.15) is 45.0 Å². The van der Waals surface area contributed by atoms with Gasteiger partial charge >= 0.3 is 0 Å². The maximum Gasteiger partial charge on any atom is 0.253 e. The van der Waals surface area contributed by atoms with Crippen molar-refractivity contribution in [3.63, 3.8) is 0 Å². The van der Waals surface area contributed by atoms with E-state index in [0.29, 0.717) is 28.5 Å². The van der Waals surface area contributed by atoms with E-state index in [1.54, 1.807) is 18.3 Å². The predicted octanol–water partition coefficient (Wildman–Crippen LogP) is 4.11. The summed E-state index contributed by atoms with van der Waals surface area (Å²) < 4.78 is 5.79. The molecule has 0 radical (unpaired) electrons. The number of rotatable bonds is 6. The quantitative estimate of drug-likeness (QED) is 0.543. The fourth-order valence-corrected chi connectivity index (χ4v) is 2.92. The van der Waals surface area contributed by atoms with Gasteiger partial charge in [0.25, 0.3) is 5.56 Å². The fraction of sp³-hybridized carbons (Fsp3) is 0.333. The van der Waals surface area contributed by atoms with E-state index in [9.17, 15) is 4.79 Å². The zero-order valence-electron chi connectivity index (χ0n) is 16.5. The molecule has 0 saturated heterocycles. The van der Waals surface area contributed by atoms with Crippen molar-refractivity contribution in [2.45, 2.75) is 45.9 Å². The summed E-state index contributed by atoms with van der Waals surface area (Å²) in [5.41, 5.74) is 8.20. The summed E-state index contributed by atoms with van der Waals surface area (Å²) in [7, 11) is 0. The fourth-order valence-electron chi connectivity index (χ4n) is 2.69. The number of benzene rings is 1. The zero-order valence-corrected chi connectivity index (χ0v) is 17.2. The van der Waals surface area contributed by atoms with Gasteiger partial charge in [-0.2, -0.15) is 0 Å². The first-order valence-corrected chi connectivity index (χ1v) is 9.52. The van der Waals surface area contributed by atoms with Crippen LogP contribution in [0, 0.1) is 0 Å². The van der Waals surface area contributed by atoms with E-state index in [4.69, 9.17) is 16.3 Å². The van der Waals surface area contributed by atoms with Crippen LogP contribution in [0.2, 0.25) is 5.02 Å². The van der Waals surface area contributed by atoms with Crippen molar-refractivity contribution in [2.24, 2.45) is 0 Å². The van der Waals surface area contributed by atoms with Gasteiger partial charge in [0.2, 0.25) is 0 Å². The Hall–Kier alpha value is -2.41. The van der Waals surface area contributed by atoms with E-state index >= 15 is 0 Å². The molecular weight excluding hydrogens is 376 g/mol. The van der Waals surface area contributed by atoms with Crippen LogP contribution >= 0.6 is 11.6 Å². The van der Waals surface area contributed by atoms with Gasteiger partial charge in [0.15, 0.2) is 0 Å². The number of halogens is 1. The van der Waals surface area contributed by atoms with Gasteiger partial charge < -0.3 is 9.72 Å². The van der Waals surface area contributed by atoms with Gasteiger partial charge in [-0.25, -0.2) is 5.43 Å². The molecule has 0 aliphatic rings. The van der Waals surface area contributed by atoms with Gasteiger partial charge in [-0.3, -0.25) is 15.2 Å². The highest BCUT2D eigenvalue weighted by Crippen LogP contribution is 2.30. The van der Waals surface area contributed by atoms with Crippen LogP contribution in [0.25, 0.3) is 10.9 Å². The minimum atomic E-state index is -0.175. The molecule has 1 aromatic carbocycles. The molecule has 1 atom stereocenters. The first kappa shape index (κ1) is 20.3. The Balaban J connectivity index is 1.84. The number of hydrogen-bond donors (Lipinski definition) is 3. The largest absolute Gasteiger partial charge is 0.486 e. The topological polar surface area (TPSA) is 79.0 Å². The SMILES string of the molecule is CC(NNC(C)(C)C)c1cc2cc(Cl)c(OCc3ccccn3)cc2[nH]c1=O. The smallest absolute Gasteiger partial charge is 0.253 e. The van der Waals surface area contributed by atoms with Crippen molar-refractivity contribution >= 4 is 22.5 Å². The molecule has 3 rings (SSSR count). The van der Waals surface area contributed by atoms with Crippen LogP contribution in [-0.4, -0.2) is 15.5 Å². The summed E-state index contributed by atoms with van der Waals surface area (Å²) in [6.45, 7) is 8.37. The molecule has 3 aromatic rings. The number of aromatic amines is 1. The number of hydrazine groups is 1. The molecule has 1 unspecified atom stereocenters. The van der Waals surface area contributed by atoms with Gasteiger partial charge in [-0.1, -0.05) is 17.7 Å². The molecular formula is C21H25ClN4O2. The maximum atomic E-state index is 12.6. The minimum Gasteiger partial charge on any atom is -0.486 e. The third-order valence-electron chi connectivity index (χ3n) is 4.16. The molecule has 0 fully saturated rings. The van der Waals surface area contributed by atoms with E-state index in [1.165, 1.54) is 0 Å². The number of nitrogens with one attached hydrogen (secondary N) is 3. The molecule has 148 valence electrons. The lowest BCUT2D eigenvalue weighted by molar-refractivity contribution is 0.302. The first-order chi connectivity index (χ1) is 13.2. The van der Waals surface area contributed by atoms with Crippen LogP contribution in [0.15, 0.2) is 47.4 Å². The molecule has 7 heteroatoms. The molecule has 0 bridgehead atoms. The second-order valence-electron chi connectivity index (χ2n) is 7.77. The number of fused-ring (bicyclic) bond motifs is 1. The normalized spacial score (nSPS) is 12.9. The molecule has 0 spiro atoms. The Morgan fingerprint density at radius 1 is 1.25 bits per heavy atom. The second-order valence-corrected chi connectivity index (χ2v) is 8.18. The lowest BCUT2D eigenvalue weighted by atomic mass is 10.1. The average molecular weight is 401 g/mol. The highest BCUT2D eigenvalue weighted by atomic mass is 35.5. The monoisotopic (exact) mass is 400 g/mol. The summed E-state index contributed by atoms with van der Waals surface area (Å²) in [5.74, 6) is 0.504. The second kappa shape index (κ2) is 8.31. The third-order valence-corrected chi connectivity index (χ3v) is 4.45. The van der Waals surface area contributed by atoms with Crippen molar-refractivity contribution in [1.82, 2.24) is 20.8 Å². The molecule has 0 aliphatic carbocycles. The van der Waals surface area contributed by atoms with Crippen molar-refractivity contribution in [1.29, 1.82) is 0 Å². The van der Waals surface area contributed by atoms with Gasteiger partial charge in [0.1, 0.15) is 12.4 Å². The molecule has 28 heavy (non-hydrogen) atoms. The lowest BCUT2D eigenvalue weighted by Gasteiger charge is -2.24. The van der Waals surface area contributed by atoms with Crippen LogP contribution in [0.5, 0.6) is 5.75 Å². The molecule has 2 heterocycles. The average Bonchev–Trinajstić information content (AvgIpc) is 2.64. The van der Waals surface area contributed by atoms with Gasteiger partial charge in [-0.15, -0.1) is 0 Å². The Kier molecular flexibility index (Phi) is 6.03. The number of hydrogen-bond acceptors (Lipinski definition) is 5. The Labute approximate surface area is 169 Å². The Morgan fingerprint density at radius 2 is 2.04 bits per heavy atom. The highest BCUT2D eigenvalue weighted by molar-refractivity contribution is 6.32. The van der Waals surface area contributed by atoms with Crippen LogP contribution in [-0.2, 0) is 6.61 Å². The Bertz CT molecular complexity index is 1010. The zero-order chi connectivity index (χ0) is 20.3. The summed E-state index contributed by atoms with van der Waals surface area (Å²) in [6, 6.07) is 10.9. The number of ether oxygens (including phenoxy) is 1. The highest BCUT2D eigenvalue weighted by Gasteiger charge is 2.15. The molecule has 3 N–H and O–H groups in total. The van der Waals surface area contributed by atoms with Gasteiger partial charge in [0.05, 0.1) is 16.2 Å². The summed E-state index contributed by atoms with van der Waals surface area (Å²) >= 11 is 6.40. The van der Waals surface area contributed by atoms with E-state index in [1.807, 2.05) is 52.0 Å². The maximum absolute atomic E-state index is 12.6. The predicted molar refractivity (Wildman–Crippen MR) is 113 cm³/mol. The Morgan fingerprint density at radius 3 is 2.71 bits per heavy atom. The standard InChI is InChI=1S/C21H25ClN4O2/c1-13(25-26-21(2,3)4)16-9-14-10-17(22)19(11-18(14)24-20(16)27)28-12-15-7-5-6-8-23-15/h5-11,13,25-26H,12H2,1-4H3,(H,24,27). The summed E-state index contributed by atoms with van der Waals surface area (Å²) in [5, 5.41) is 1.32. The van der Waals surface area contributed by atoms with Crippen molar-refractivity contribution in [2.75, 3.05) is 0 Å². The summed E-state index contributed by atoms with van der Waals surface area (Å²) in [4.78, 5) is 19.7. The number of pyridine rings is 2. The number of aromatic nitrogens is 2. The van der Waals surface area contributed by atoms with E-state index in [-0.39, 0.29) is 17.1 Å². The molecule has 2 aromatic heterocycles. The third kappa shape index (κ3) is 5.10. The van der Waals surface area contributed by atoms with E-state index in [0.717, 1.165) is 11.1 Å². The van der Waals surface area contributed by atoms with Crippen molar-refractivity contribution in [3.8, 4) is 5.75 Å². The first-order valence-electron chi connectivity index (χ1n) is 9.15. The van der Waals surface area contributed by atoms with Crippen LogP contribution in [0.3, 0.4) is 0 Å². The molecule has 0 saturated carbocycles. The lowest BCUT2D eigenvalue weighted by Crippen LogP contribution is -2.47. The van der Waals surface area contributed by atoms with E-state index < -0.39 is 0 Å². The van der Waals surface area contributed by atoms with E-state index in [2.05, 4.69) is 20.8 Å².